The zero-order valence-electron chi connectivity index (χ0n) is 16.4. The largest absolute Gasteiger partial charge is 0.482 e. The Labute approximate surface area is 156 Å². The number of hydrogen-bond acceptors (Lipinski definition) is 4. The summed E-state index contributed by atoms with van der Waals surface area (Å²) >= 11 is 0. The fourth-order valence-corrected chi connectivity index (χ4v) is 2.45. The van der Waals surface area contributed by atoms with E-state index in [2.05, 4.69) is 33.0 Å². The Morgan fingerprint density at radius 1 is 1.00 bits per heavy atom. The van der Waals surface area contributed by atoms with Crippen LogP contribution in [0.4, 0.5) is 5.69 Å². The van der Waals surface area contributed by atoms with Crippen LogP contribution in [0.15, 0.2) is 48.5 Å². The van der Waals surface area contributed by atoms with Crippen LogP contribution >= 0.6 is 0 Å². The maximum absolute atomic E-state index is 11.0. The fourth-order valence-electron chi connectivity index (χ4n) is 2.45. The van der Waals surface area contributed by atoms with Gasteiger partial charge in [0.2, 0.25) is 0 Å². The van der Waals surface area contributed by atoms with Crippen LogP contribution in [0.25, 0.3) is 0 Å². The summed E-state index contributed by atoms with van der Waals surface area (Å²) in [7, 11) is 0. The minimum Gasteiger partial charge on any atom is -0.482 e. The Kier molecular flexibility index (Phi) is 9.37. The molecule has 0 heterocycles. The highest BCUT2D eigenvalue weighted by molar-refractivity contribution is 5.48. The Morgan fingerprint density at radius 3 is 2.08 bits per heavy atom. The molecular weight excluding hydrogens is 328 g/mol. The predicted octanol–water partition coefficient (Wildman–Crippen LogP) is 5.13. The number of nitrogens with zero attached hydrogens (tertiary/aromatic N) is 1. The van der Waals surface area contributed by atoms with Gasteiger partial charge in [-0.25, -0.2) is 0 Å². The van der Waals surface area contributed by atoms with Crippen molar-refractivity contribution in [2.75, 3.05) is 0 Å². The summed E-state index contributed by atoms with van der Waals surface area (Å²) in [5.41, 5.74) is 1.94. The Hall–Kier alpha value is -2.40. The molecule has 0 aliphatic carbocycles. The highest BCUT2D eigenvalue weighted by Crippen LogP contribution is 2.28. The van der Waals surface area contributed by atoms with Crippen LogP contribution in [0, 0.1) is 10.1 Å². The minimum atomic E-state index is -0.403. The van der Waals surface area contributed by atoms with Gasteiger partial charge in [-0.2, -0.15) is 0 Å². The monoisotopic (exact) mass is 358 g/mol. The summed E-state index contributed by atoms with van der Waals surface area (Å²) in [5, 5.41) is 14.3. The van der Waals surface area contributed by atoms with Crippen molar-refractivity contribution in [1.29, 1.82) is 0 Å². The van der Waals surface area contributed by atoms with E-state index in [0.29, 0.717) is 24.4 Å². The normalized spacial score (nSPS) is 10.4. The summed E-state index contributed by atoms with van der Waals surface area (Å²) in [6.45, 7) is 10.9. The summed E-state index contributed by atoms with van der Waals surface area (Å²) in [6.07, 6.45) is 0.764. The molecule has 0 bridgehead atoms. The summed E-state index contributed by atoms with van der Waals surface area (Å²) in [6, 6.07) is 15.9. The lowest BCUT2D eigenvalue weighted by molar-refractivity contribution is -0.386. The van der Waals surface area contributed by atoms with E-state index < -0.39 is 4.92 Å². The molecule has 0 spiro atoms. The van der Waals surface area contributed by atoms with Crippen molar-refractivity contribution in [1.82, 2.24) is 5.32 Å². The lowest BCUT2D eigenvalue weighted by Gasteiger charge is -2.10. The first-order valence-corrected chi connectivity index (χ1v) is 9.03. The first-order chi connectivity index (χ1) is 12.3. The fraction of sp³-hybridized carbons (Fsp3) is 0.429. The zero-order chi connectivity index (χ0) is 19.5. The van der Waals surface area contributed by atoms with Crippen molar-refractivity contribution in [3.63, 3.8) is 0 Å². The number of nitro benzene ring substituents is 1. The van der Waals surface area contributed by atoms with E-state index in [1.165, 1.54) is 0 Å². The Morgan fingerprint density at radius 2 is 1.62 bits per heavy atom. The topological polar surface area (TPSA) is 64.4 Å². The summed E-state index contributed by atoms with van der Waals surface area (Å²) < 4.78 is 5.54. The molecule has 0 unspecified atom stereocenters. The predicted molar refractivity (Wildman–Crippen MR) is 107 cm³/mol. The second-order valence-electron chi connectivity index (χ2n) is 6.66. The van der Waals surface area contributed by atoms with E-state index in [-0.39, 0.29) is 5.69 Å². The quantitative estimate of drug-likeness (QED) is 0.550. The molecular formula is C21H30N2O3. The summed E-state index contributed by atoms with van der Waals surface area (Å²) in [5.74, 6) is 0.311. The molecule has 0 amide bonds. The van der Waals surface area contributed by atoms with E-state index in [0.717, 1.165) is 17.5 Å². The molecule has 0 aromatic heterocycles. The van der Waals surface area contributed by atoms with Crippen molar-refractivity contribution in [3.8, 4) is 5.75 Å². The Bertz CT molecular complexity index is 664. The second kappa shape index (κ2) is 11.3. The summed E-state index contributed by atoms with van der Waals surface area (Å²) in [4.78, 5) is 10.6. The van der Waals surface area contributed by atoms with E-state index in [1.54, 1.807) is 12.1 Å². The van der Waals surface area contributed by atoms with Crippen molar-refractivity contribution < 1.29 is 9.66 Å². The van der Waals surface area contributed by atoms with Crippen LogP contribution in [-0.2, 0) is 13.0 Å². The van der Waals surface area contributed by atoms with E-state index >= 15 is 0 Å². The molecule has 0 saturated heterocycles. The molecule has 2 rings (SSSR count). The number of ether oxygens (including phenoxy) is 1. The SMILES string of the molecule is CC(C)NC(C)C.CCc1ccc(OCc2ccccc2)c([N+](=O)[O-])c1. The van der Waals surface area contributed by atoms with E-state index in [4.69, 9.17) is 4.74 Å². The zero-order valence-corrected chi connectivity index (χ0v) is 16.4. The maximum Gasteiger partial charge on any atom is 0.311 e. The molecule has 5 nitrogen and oxygen atoms in total. The third kappa shape index (κ3) is 8.12. The first-order valence-electron chi connectivity index (χ1n) is 9.03. The number of aryl methyl sites for hydroxylation is 1. The van der Waals surface area contributed by atoms with Gasteiger partial charge in [-0.3, -0.25) is 10.1 Å². The maximum atomic E-state index is 11.0. The highest BCUT2D eigenvalue weighted by Gasteiger charge is 2.15. The van der Waals surface area contributed by atoms with Crippen molar-refractivity contribution >= 4 is 5.69 Å². The van der Waals surface area contributed by atoms with E-state index in [9.17, 15) is 10.1 Å². The number of benzene rings is 2. The molecule has 0 aliphatic rings. The number of nitrogens with one attached hydrogen (secondary N) is 1. The first kappa shape index (κ1) is 21.6. The molecule has 1 N–H and O–H groups in total. The van der Waals surface area contributed by atoms with E-state index in [1.807, 2.05) is 43.3 Å². The van der Waals surface area contributed by atoms with Gasteiger partial charge in [0, 0.05) is 18.2 Å². The molecule has 0 atom stereocenters. The molecule has 142 valence electrons. The standard InChI is InChI=1S/C15H15NO3.C6H15N/c1-2-12-8-9-15(14(10-12)16(17)18)19-11-13-6-4-3-5-7-13;1-5(2)7-6(3)4/h3-10H,2,11H2,1H3;5-7H,1-4H3. The molecule has 2 aromatic rings. The number of rotatable bonds is 7. The molecule has 0 aliphatic heterocycles. The highest BCUT2D eigenvalue weighted by atomic mass is 16.6. The average Bonchev–Trinajstić information content (AvgIpc) is 2.60. The lowest BCUT2D eigenvalue weighted by atomic mass is 10.1. The van der Waals surface area contributed by atoms with Crippen LogP contribution in [0.2, 0.25) is 0 Å². The van der Waals surface area contributed by atoms with Crippen LogP contribution in [0.3, 0.4) is 0 Å². The van der Waals surface area contributed by atoms with Gasteiger partial charge in [-0.05, 0) is 23.6 Å². The molecule has 26 heavy (non-hydrogen) atoms. The third-order valence-corrected chi connectivity index (χ3v) is 3.53. The smallest absolute Gasteiger partial charge is 0.311 e. The van der Waals surface area contributed by atoms with Gasteiger partial charge in [-0.1, -0.05) is 71.0 Å². The van der Waals surface area contributed by atoms with Crippen LogP contribution in [0.1, 0.15) is 45.7 Å². The van der Waals surface area contributed by atoms with Crippen LogP contribution in [0.5, 0.6) is 5.75 Å². The van der Waals surface area contributed by atoms with Crippen LogP contribution < -0.4 is 10.1 Å². The molecule has 5 heteroatoms. The second-order valence-corrected chi connectivity index (χ2v) is 6.66. The molecule has 2 aromatic carbocycles. The van der Waals surface area contributed by atoms with Crippen molar-refractivity contribution in [2.24, 2.45) is 0 Å². The van der Waals surface area contributed by atoms with Gasteiger partial charge in [-0.15, -0.1) is 0 Å². The van der Waals surface area contributed by atoms with Gasteiger partial charge in [0.1, 0.15) is 6.61 Å². The van der Waals surface area contributed by atoms with Crippen molar-refractivity contribution in [3.05, 3.63) is 69.8 Å². The van der Waals surface area contributed by atoms with Gasteiger partial charge in [0.15, 0.2) is 5.75 Å². The lowest BCUT2D eigenvalue weighted by Crippen LogP contribution is -2.29. The molecule has 0 radical (unpaired) electrons. The van der Waals surface area contributed by atoms with Gasteiger partial charge in [0.05, 0.1) is 4.92 Å². The third-order valence-electron chi connectivity index (χ3n) is 3.53. The Balaban J connectivity index is 0.000000412. The van der Waals surface area contributed by atoms with Crippen molar-refractivity contribution in [2.45, 2.75) is 59.7 Å². The van der Waals surface area contributed by atoms with Gasteiger partial charge in [0.25, 0.3) is 0 Å². The minimum absolute atomic E-state index is 0.0234. The molecule has 0 saturated carbocycles. The average molecular weight is 358 g/mol. The van der Waals surface area contributed by atoms with Crippen LogP contribution in [-0.4, -0.2) is 17.0 Å². The molecule has 0 fully saturated rings. The van der Waals surface area contributed by atoms with Gasteiger partial charge >= 0.3 is 5.69 Å². The number of hydrogen-bond donors (Lipinski definition) is 1. The van der Waals surface area contributed by atoms with Gasteiger partial charge < -0.3 is 10.1 Å². The number of nitro groups is 1.